The van der Waals surface area contributed by atoms with Gasteiger partial charge in [0.05, 0.1) is 0 Å². The highest BCUT2D eigenvalue weighted by Gasteiger charge is 2.27. The maximum absolute atomic E-state index is 12.0. The molecule has 1 fully saturated rings. The van der Waals surface area contributed by atoms with E-state index in [9.17, 15) is 9.59 Å². The van der Waals surface area contributed by atoms with Gasteiger partial charge in [-0.3, -0.25) is 9.59 Å². The zero-order valence-corrected chi connectivity index (χ0v) is 11.9. The third-order valence-corrected chi connectivity index (χ3v) is 3.52. The summed E-state index contributed by atoms with van der Waals surface area (Å²) < 4.78 is 0.990. The van der Waals surface area contributed by atoms with Crippen LogP contribution in [0.15, 0.2) is 16.6 Å². The number of hydrogen-bond donors (Lipinski definition) is 2. The topological polar surface area (TPSA) is 58.2 Å². The molecule has 96 valence electrons. The van der Waals surface area contributed by atoms with E-state index in [1.807, 2.05) is 26.0 Å². The number of rotatable bonds is 2. The molecule has 0 aromatic heterocycles. The minimum atomic E-state index is -0.403. The first-order valence-corrected chi connectivity index (χ1v) is 6.63. The van der Waals surface area contributed by atoms with Gasteiger partial charge in [0, 0.05) is 16.6 Å². The standard InChI is InChI=1S/C13H15BrN2O2/c1-7-5-9(14)6-8(2)12(7)16-13(18)10-3-4-11(17)15-10/h5-6,10H,3-4H2,1-2H3,(H,15,17)(H,16,18). The number of aryl methyl sites for hydroxylation is 2. The normalized spacial score (nSPS) is 18.6. The molecule has 1 aromatic rings. The number of nitrogens with one attached hydrogen (secondary N) is 2. The fourth-order valence-electron chi connectivity index (χ4n) is 2.13. The molecular weight excluding hydrogens is 296 g/mol. The number of anilines is 1. The maximum Gasteiger partial charge on any atom is 0.246 e. The van der Waals surface area contributed by atoms with Crippen molar-refractivity contribution < 1.29 is 9.59 Å². The molecule has 4 nitrogen and oxygen atoms in total. The van der Waals surface area contributed by atoms with Gasteiger partial charge >= 0.3 is 0 Å². The summed E-state index contributed by atoms with van der Waals surface area (Å²) in [4.78, 5) is 23.1. The van der Waals surface area contributed by atoms with Crippen LogP contribution in [0.1, 0.15) is 24.0 Å². The molecule has 2 rings (SSSR count). The molecule has 5 heteroatoms. The van der Waals surface area contributed by atoms with Crippen molar-refractivity contribution in [3.05, 3.63) is 27.7 Å². The molecule has 0 radical (unpaired) electrons. The number of hydrogen-bond acceptors (Lipinski definition) is 2. The predicted octanol–water partition coefficient (Wildman–Crippen LogP) is 2.28. The molecular formula is C13H15BrN2O2. The Kier molecular flexibility index (Phi) is 3.71. The van der Waals surface area contributed by atoms with Crippen LogP contribution in [0.2, 0.25) is 0 Å². The quantitative estimate of drug-likeness (QED) is 0.880. The first-order chi connectivity index (χ1) is 8.47. The zero-order chi connectivity index (χ0) is 13.3. The van der Waals surface area contributed by atoms with Crippen molar-refractivity contribution in [2.24, 2.45) is 0 Å². The molecule has 0 spiro atoms. The molecule has 1 atom stereocenters. The highest BCUT2D eigenvalue weighted by Crippen LogP contribution is 2.25. The largest absolute Gasteiger partial charge is 0.344 e. The molecule has 1 heterocycles. The van der Waals surface area contributed by atoms with E-state index in [2.05, 4.69) is 26.6 Å². The number of carbonyl (C=O) groups excluding carboxylic acids is 2. The van der Waals surface area contributed by atoms with Crippen LogP contribution >= 0.6 is 15.9 Å². The van der Waals surface area contributed by atoms with Gasteiger partial charge in [-0.1, -0.05) is 15.9 Å². The minimum Gasteiger partial charge on any atom is -0.344 e. The van der Waals surface area contributed by atoms with E-state index >= 15 is 0 Å². The van der Waals surface area contributed by atoms with Crippen LogP contribution < -0.4 is 10.6 Å². The Morgan fingerprint density at radius 2 is 2.00 bits per heavy atom. The first-order valence-electron chi connectivity index (χ1n) is 5.84. The average Bonchev–Trinajstić information content (AvgIpc) is 2.70. The van der Waals surface area contributed by atoms with E-state index in [0.717, 1.165) is 21.3 Å². The molecule has 0 aliphatic carbocycles. The van der Waals surface area contributed by atoms with Crippen molar-refractivity contribution in [3.63, 3.8) is 0 Å². The first kappa shape index (κ1) is 13.1. The van der Waals surface area contributed by atoms with Gasteiger partial charge in [0.15, 0.2) is 0 Å². The SMILES string of the molecule is Cc1cc(Br)cc(C)c1NC(=O)C1CCC(=O)N1. The Bertz CT molecular complexity index is 491. The maximum atomic E-state index is 12.0. The van der Waals surface area contributed by atoms with Crippen molar-refractivity contribution >= 4 is 33.4 Å². The van der Waals surface area contributed by atoms with Crippen LogP contribution in [0.4, 0.5) is 5.69 Å². The van der Waals surface area contributed by atoms with Crippen molar-refractivity contribution in [1.29, 1.82) is 0 Å². The van der Waals surface area contributed by atoms with Gasteiger partial charge < -0.3 is 10.6 Å². The number of benzene rings is 1. The van der Waals surface area contributed by atoms with E-state index < -0.39 is 6.04 Å². The van der Waals surface area contributed by atoms with E-state index in [1.165, 1.54) is 0 Å². The Morgan fingerprint density at radius 3 is 2.50 bits per heavy atom. The molecule has 1 saturated heterocycles. The summed E-state index contributed by atoms with van der Waals surface area (Å²) in [5.74, 6) is -0.200. The van der Waals surface area contributed by atoms with Crippen molar-refractivity contribution in [2.75, 3.05) is 5.32 Å². The molecule has 18 heavy (non-hydrogen) atoms. The molecule has 0 bridgehead atoms. The van der Waals surface area contributed by atoms with E-state index in [-0.39, 0.29) is 11.8 Å². The monoisotopic (exact) mass is 310 g/mol. The molecule has 1 aliphatic rings. The van der Waals surface area contributed by atoms with Gasteiger partial charge in [-0.05, 0) is 43.5 Å². The van der Waals surface area contributed by atoms with Crippen molar-refractivity contribution in [1.82, 2.24) is 5.32 Å². The highest BCUT2D eigenvalue weighted by molar-refractivity contribution is 9.10. The molecule has 1 aliphatic heterocycles. The number of carbonyl (C=O) groups is 2. The molecule has 1 unspecified atom stereocenters. The Morgan fingerprint density at radius 1 is 1.39 bits per heavy atom. The second-order valence-corrected chi connectivity index (χ2v) is 5.48. The lowest BCUT2D eigenvalue weighted by Gasteiger charge is -2.15. The summed E-state index contributed by atoms with van der Waals surface area (Å²) in [5, 5.41) is 5.56. The predicted molar refractivity (Wildman–Crippen MR) is 73.4 cm³/mol. The van der Waals surface area contributed by atoms with Gasteiger partial charge in [0.2, 0.25) is 11.8 Å². The van der Waals surface area contributed by atoms with Gasteiger partial charge in [0.1, 0.15) is 6.04 Å². The van der Waals surface area contributed by atoms with Crippen molar-refractivity contribution in [2.45, 2.75) is 32.7 Å². The fraction of sp³-hybridized carbons (Fsp3) is 0.385. The van der Waals surface area contributed by atoms with Crippen molar-refractivity contribution in [3.8, 4) is 0 Å². The summed E-state index contributed by atoms with van der Waals surface area (Å²) in [6.07, 6.45) is 0.996. The van der Waals surface area contributed by atoms with Crippen LogP contribution in [0.5, 0.6) is 0 Å². The summed E-state index contributed by atoms with van der Waals surface area (Å²) in [5.41, 5.74) is 2.82. The summed E-state index contributed by atoms with van der Waals surface area (Å²) in [6.45, 7) is 3.89. The van der Waals surface area contributed by atoms with E-state index in [0.29, 0.717) is 12.8 Å². The van der Waals surface area contributed by atoms with Crippen LogP contribution in [0.25, 0.3) is 0 Å². The van der Waals surface area contributed by atoms with E-state index in [4.69, 9.17) is 0 Å². The second kappa shape index (κ2) is 5.10. The molecule has 2 amide bonds. The minimum absolute atomic E-state index is 0.0561. The summed E-state index contributed by atoms with van der Waals surface area (Å²) in [6, 6.07) is 3.51. The zero-order valence-electron chi connectivity index (χ0n) is 10.3. The second-order valence-electron chi connectivity index (χ2n) is 4.56. The molecule has 1 aromatic carbocycles. The molecule has 0 saturated carbocycles. The van der Waals surface area contributed by atoms with Gasteiger partial charge in [0.25, 0.3) is 0 Å². The third kappa shape index (κ3) is 2.72. The summed E-state index contributed by atoms with van der Waals surface area (Å²) in [7, 11) is 0. The summed E-state index contributed by atoms with van der Waals surface area (Å²) >= 11 is 3.42. The van der Waals surface area contributed by atoms with Crippen LogP contribution in [-0.4, -0.2) is 17.9 Å². The smallest absolute Gasteiger partial charge is 0.246 e. The van der Waals surface area contributed by atoms with Crippen LogP contribution in [-0.2, 0) is 9.59 Å². The Hall–Kier alpha value is -1.36. The highest BCUT2D eigenvalue weighted by atomic mass is 79.9. The van der Waals surface area contributed by atoms with Crippen LogP contribution in [0.3, 0.4) is 0 Å². The average molecular weight is 311 g/mol. The van der Waals surface area contributed by atoms with E-state index in [1.54, 1.807) is 0 Å². The van der Waals surface area contributed by atoms with Gasteiger partial charge in [-0.2, -0.15) is 0 Å². The van der Waals surface area contributed by atoms with Gasteiger partial charge in [-0.25, -0.2) is 0 Å². The molecule has 2 N–H and O–H groups in total. The fourth-order valence-corrected chi connectivity index (χ4v) is 2.82. The Balaban J connectivity index is 2.14. The van der Waals surface area contributed by atoms with Gasteiger partial charge in [-0.15, -0.1) is 0 Å². The number of amides is 2. The van der Waals surface area contributed by atoms with Crippen LogP contribution in [0, 0.1) is 13.8 Å². The lowest BCUT2D eigenvalue weighted by molar-refractivity contribution is -0.122. The lowest BCUT2D eigenvalue weighted by atomic mass is 10.1. The third-order valence-electron chi connectivity index (χ3n) is 3.06. The Labute approximate surface area is 114 Å². The lowest BCUT2D eigenvalue weighted by Crippen LogP contribution is -2.37. The number of halogens is 1.